The molecule has 0 aliphatic heterocycles. The third-order valence-electron chi connectivity index (χ3n) is 4.78. The van der Waals surface area contributed by atoms with Crippen LogP contribution in [0.5, 0.6) is 0 Å². The van der Waals surface area contributed by atoms with E-state index in [-0.39, 0.29) is 18.8 Å². The highest BCUT2D eigenvalue weighted by Gasteiger charge is 2.29. The smallest absolute Gasteiger partial charge is 0.326 e. The fourth-order valence-electron chi connectivity index (χ4n) is 3.26. The van der Waals surface area contributed by atoms with Gasteiger partial charge in [-0.2, -0.15) is 0 Å². The van der Waals surface area contributed by atoms with Gasteiger partial charge in [-0.3, -0.25) is 14.4 Å². The summed E-state index contributed by atoms with van der Waals surface area (Å²) in [4.78, 5) is 50.6. The van der Waals surface area contributed by atoms with Crippen LogP contribution in [0.3, 0.4) is 0 Å². The van der Waals surface area contributed by atoms with E-state index in [0.717, 1.165) is 16.5 Å². The number of rotatable bonds is 11. The van der Waals surface area contributed by atoms with Crippen molar-refractivity contribution < 1.29 is 29.4 Å². The van der Waals surface area contributed by atoms with E-state index < -0.39 is 48.3 Å². The maximum Gasteiger partial charge on any atom is 0.326 e. The minimum Gasteiger partial charge on any atom is -0.481 e. The molecule has 0 radical (unpaired) electrons. The van der Waals surface area contributed by atoms with Gasteiger partial charge in [-0.05, 0) is 24.0 Å². The van der Waals surface area contributed by atoms with Gasteiger partial charge in [-0.1, -0.05) is 32.0 Å². The lowest BCUT2D eigenvalue weighted by molar-refractivity contribution is -0.142. The monoisotopic (exact) mass is 432 g/mol. The number of amides is 2. The van der Waals surface area contributed by atoms with Gasteiger partial charge in [-0.25, -0.2) is 4.79 Å². The van der Waals surface area contributed by atoms with Crippen molar-refractivity contribution in [3.8, 4) is 0 Å². The third kappa shape index (κ3) is 6.82. The largest absolute Gasteiger partial charge is 0.481 e. The van der Waals surface area contributed by atoms with Crippen LogP contribution in [0.4, 0.5) is 0 Å². The van der Waals surface area contributed by atoms with Gasteiger partial charge < -0.3 is 31.6 Å². The van der Waals surface area contributed by atoms with E-state index >= 15 is 0 Å². The summed E-state index contributed by atoms with van der Waals surface area (Å²) in [5.74, 6) is -3.90. The highest BCUT2D eigenvalue weighted by atomic mass is 16.4. The topological polar surface area (TPSA) is 175 Å². The summed E-state index contributed by atoms with van der Waals surface area (Å²) in [5, 5.41) is 24.2. The van der Waals surface area contributed by atoms with Gasteiger partial charge in [0.15, 0.2) is 0 Å². The first kappa shape index (κ1) is 23.9. The Morgan fingerprint density at radius 2 is 1.68 bits per heavy atom. The molecule has 2 aromatic rings. The Bertz CT molecular complexity index is 954. The maximum atomic E-state index is 12.8. The van der Waals surface area contributed by atoms with E-state index in [1.807, 2.05) is 38.1 Å². The van der Waals surface area contributed by atoms with E-state index in [9.17, 15) is 24.3 Å². The van der Waals surface area contributed by atoms with Crippen LogP contribution >= 0.6 is 0 Å². The van der Waals surface area contributed by atoms with Crippen molar-refractivity contribution in [3.05, 3.63) is 36.0 Å². The highest BCUT2D eigenvalue weighted by Crippen LogP contribution is 2.19. The summed E-state index contributed by atoms with van der Waals surface area (Å²) < 4.78 is 0. The number of nitrogens with two attached hydrogens (primary N) is 1. The number of carboxylic acid groups (broad SMARTS) is 2. The normalized spacial score (nSPS) is 14.1. The molecule has 1 aromatic carbocycles. The fourth-order valence-corrected chi connectivity index (χ4v) is 3.26. The average molecular weight is 432 g/mol. The van der Waals surface area contributed by atoms with Crippen molar-refractivity contribution in [3.63, 3.8) is 0 Å². The van der Waals surface area contributed by atoms with Crippen molar-refractivity contribution in [2.45, 2.75) is 51.2 Å². The van der Waals surface area contributed by atoms with Crippen LogP contribution in [-0.4, -0.2) is 57.1 Å². The quantitative estimate of drug-likeness (QED) is 0.301. The van der Waals surface area contributed by atoms with Crippen molar-refractivity contribution in [1.29, 1.82) is 0 Å². The number of H-pyrrole nitrogens is 1. The number of aromatic amines is 1. The second-order valence-electron chi connectivity index (χ2n) is 7.86. The van der Waals surface area contributed by atoms with Crippen molar-refractivity contribution >= 4 is 34.7 Å². The highest BCUT2D eigenvalue weighted by molar-refractivity contribution is 5.93. The summed E-state index contributed by atoms with van der Waals surface area (Å²) >= 11 is 0. The Balaban J connectivity index is 2.13. The summed E-state index contributed by atoms with van der Waals surface area (Å²) in [6.45, 7) is 3.68. The number of carbonyl (C=O) groups excluding carboxylic acids is 2. The van der Waals surface area contributed by atoms with Crippen LogP contribution in [0.25, 0.3) is 10.9 Å². The van der Waals surface area contributed by atoms with Gasteiger partial charge in [0.05, 0.1) is 12.5 Å². The number of nitrogens with one attached hydrogen (secondary N) is 3. The first-order valence-electron chi connectivity index (χ1n) is 9.94. The molecular formula is C21H28N4O6. The summed E-state index contributed by atoms with van der Waals surface area (Å²) in [6.07, 6.45) is 1.40. The molecule has 0 bridgehead atoms. The second kappa shape index (κ2) is 10.6. The molecule has 3 atom stereocenters. The van der Waals surface area contributed by atoms with Gasteiger partial charge in [0.2, 0.25) is 11.8 Å². The van der Waals surface area contributed by atoms with E-state index in [4.69, 9.17) is 10.8 Å². The molecule has 0 aliphatic rings. The lowest BCUT2D eigenvalue weighted by Crippen LogP contribution is -2.55. The number of hydrogen-bond donors (Lipinski definition) is 6. The average Bonchev–Trinajstić information content (AvgIpc) is 3.08. The van der Waals surface area contributed by atoms with Crippen LogP contribution in [0.15, 0.2) is 30.5 Å². The van der Waals surface area contributed by atoms with Gasteiger partial charge in [0, 0.05) is 23.5 Å². The third-order valence-corrected chi connectivity index (χ3v) is 4.78. The Morgan fingerprint density at radius 1 is 1.03 bits per heavy atom. The fraction of sp³-hybridized carbons (Fsp3) is 0.429. The molecule has 0 spiro atoms. The molecular weight excluding hydrogens is 404 g/mol. The number of benzene rings is 1. The minimum absolute atomic E-state index is 0.00337. The van der Waals surface area contributed by atoms with Crippen LogP contribution < -0.4 is 16.4 Å². The second-order valence-corrected chi connectivity index (χ2v) is 7.86. The van der Waals surface area contributed by atoms with E-state index in [1.54, 1.807) is 6.20 Å². The molecule has 7 N–H and O–H groups in total. The Labute approximate surface area is 179 Å². The van der Waals surface area contributed by atoms with Crippen LogP contribution in [0.2, 0.25) is 0 Å². The zero-order valence-electron chi connectivity index (χ0n) is 17.4. The molecule has 10 heteroatoms. The minimum atomic E-state index is -1.32. The zero-order chi connectivity index (χ0) is 23.1. The molecule has 2 amide bonds. The summed E-state index contributed by atoms with van der Waals surface area (Å²) in [5.41, 5.74) is 7.15. The molecule has 0 unspecified atom stereocenters. The number of para-hydroxylation sites is 1. The molecule has 1 aromatic heterocycles. The Morgan fingerprint density at radius 3 is 2.29 bits per heavy atom. The van der Waals surface area contributed by atoms with Crippen molar-refractivity contribution in [2.75, 3.05) is 0 Å². The van der Waals surface area contributed by atoms with Crippen molar-refractivity contribution in [1.82, 2.24) is 15.6 Å². The van der Waals surface area contributed by atoms with Crippen molar-refractivity contribution in [2.24, 2.45) is 11.7 Å². The van der Waals surface area contributed by atoms with Gasteiger partial charge >= 0.3 is 11.9 Å². The number of aromatic nitrogens is 1. The standard InChI is InChI=1S/C21H28N4O6/c1-11(2)7-16(24-19(28)14(22)9-18(26)27)20(29)25-17(21(30)31)8-12-10-23-15-6-4-3-5-13(12)15/h3-6,10-11,14,16-17,23H,7-9,22H2,1-2H3,(H,24,28)(H,25,29)(H,26,27)(H,30,31)/t14-,16-,17-/m0/s1. The molecule has 31 heavy (non-hydrogen) atoms. The number of hydrogen-bond acceptors (Lipinski definition) is 5. The molecule has 10 nitrogen and oxygen atoms in total. The summed E-state index contributed by atoms with van der Waals surface area (Å²) in [7, 11) is 0. The number of aliphatic carboxylic acids is 2. The number of carboxylic acids is 2. The Hall–Kier alpha value is -3.40. The lowest BCUT2D eigenvalue weighted by atomic mass is 10.0. The van der Waals surface area contributed by atoms with E-state index in [1.165, 1.54) is 0 Å². The van der Waals surface area contributed by atoms with Crippen LogP contribution in [0, 0.1) is 5.92 Å². The molecule has 168 valence electrons. The van der Waals surface area contributed by atoms with Gasteiger partial charge in [0.1, 0.15) is 12.1 Å². The van der Waals surface area contributed by atoms with Gasteiger partial charge in [-0.15, -0.1) is 0 Å². The molecule has 0 saturated heterocycles. The number of fused-ring (bicyclic) bond motifs is 1. The number of carbonyl (C=O) groups is 4. The Kier molecular flexibility index (Phi) is 8.14. The first-order valence-corrected chi connectivity index (χ1v) is 9.94. The molecule has 2 rings (SSSR count). The first-order chi connectivity index (χ1) is 14.6. The van der Waals surface area contributed by atoms with E-state index in [2.05, 4.69) is 15.6 Å². The zero-order valence-corrected chi connectivity index (χ0v) is 17.4. The van der Waals surface area contributed by atoms with Crippen LogP contribution in [-0.2, 0) is 25.6 Å². The van der Waals surface area contributed by atoms with Crippen LogP contribution in [0.1, 0.15) is 32.3 Å². The lowest BCUT2D eigenvalue weighted by Gasteiger charge is -2.24. The maximum absolute atomic E-state index is 12.8. The molecule has 1 heterocycles. The van der Waals surface area contributed by atoms with E-state index in [0.29, 0.717) is 0 Å². The molecule has 0 aliphatic carbocycles. The predicted octanol–water partition coefficient (Wildman–Crippen LogP) is 0.613. The van der Waals surface area contributed by atoms with Gasteiger partial charge in [0.25, 0.3) is 0 Å². The molecule has 0 saturated carbocycles. The predicted molar refractivity (Wildman–Crippen MR) is 113 cm³/mol. The molecule has 0 fully saturated rings. The SMILES string of the molecule is CC(C)C[C@H](NC(=O)[C@@H](N)CC(=O)O)C(=O)N[C@@H](Cc1c[nH]c2ccccc12)C(=O)O. The summed E-state index contributed by atoms with van der Waals surface area (Å²) in [6, 6.07) is 3.83.